The number of rotatable bonds is 7. The van der Waals surface area contributed by atoms with Crippen LogP contribution in [0.4, 0.5) is 5.69 Å². The number of esters is 2. The third kappa shape index (κ3) is 4.85. The normalized spacial score (nSPS) is 15.2. The minimum atomic E-state index is -3.91. The van der Waals surface area contributed by atoms with E-state index in [4.69, 9.17) is 4.74 Å². The van der Waals surface area contributed by atoms with Gasteiger partial charge in [-0.1, -0.05) is 24.3 Å². The van der Waals surface area contributed by atoms with Crippen LogP contribution in [-0.2, 0) is 35.5 Å². The predicted molar refractivity (Wildman–Crippen MR) is 111 cm³/mol. The highest BCUT2D eigenvalue weighted by Gasteiger charge is 2.36. The Hall–Kier alpha value is -3.40. The summed E-state index contributed by atoms with van der Waals surface area (Å²) in [5.74, 6) is -2.19. The zero-order valence-electron chi connectivity index (χ0n) is 17.0. The van der Waals surface area contributed by atoms with Crippen LogP contribution in [0.3, 0.4) is 0 Å². The Balaban J connectivity index is 1.73. The molecular weight excluding hydrogens is 424 g/mol. The van der Waals surface area contributed by atoms with Crippen molar-refractivity contribution in [3.8, 4) is 0 Å². The first kappa shape index (κ1) is 22.3. The molecule has 31 heavy (non-hydrogen) atoms. The van der Waals surface area contributed by atoms with Crippen molar-refractivity contribution < 1.29 is 32.3 Å². The highest BCUT2D eigenvalue weighted by molar-refractivity contribution is 7.92. The molecule has 3 rings (SSSR count). The molecule has 10 heteroatoms. The van der Waals surface area contributed by atoms with Gasteiger partial charge in [0.05, 0.1) is 23.3 Å². The van der Waals surface area contributed by atoms with Crippen LogP contribution in [0.5, 0.6) is 0 Å². The first-order chi connectivity index (χ1) is 14.7. The first-order valence-corrected chi connectivity index (χ1v) is 10.9. The standard InChI is InChI=1S/C21H22N2O7S/c1-14-10-15-6-3-4-9-18(15)23(14)31(27,28)17-8-5-7-16(11-17)21(26)30-13-19(24)22-12-20(25)29-2/h3-9,11,14H,10,12-13H2,1-2H3,(H,22,24)/t14-/m0/s1. The third-order valence-electron chi connectivity index (χ3n) is 4.76. The lowest BCUT2D eigenvalue weighted by molar-refractivity contribution is -0.141. The van der Waals surface area contributed by atoms with Crippen LogP contribution in [0.2, 0.25) is 0 Å². The summed E-state index contributed by atoms with van der Waals surface area (Å²) in [6.45, 7) is 0.849. The quantitative estimate of drug-likeness (QED) is 0.636. The number of fused-ring (bicyclic) bond motifs is 1. The molecule has 0 fully saturated rings. The van der Waals surface area contributed by atoms with Crippen LogP contribution in [0.1, 0.15) is 22.8 Å². The second-order valence-electron chi connectivity index (χ2n) is 6.94. The molecule has 1 atom stereocenters. The van der Waals surface area contributed by atoms with Crippen molar-refractivity contribution in [2.24, 2.45) is 0 Å². The molecule has 0 aliphatic carbocycles. The fourth-order valence-electron chi connectivity index (χ4n) is 3.31. The van der Waals surface area contributed by atoms with Crippen molar-refractivity contribution in [3.63, 3.8) is 0 Å². The number of nitrogens with one attached hydrogen (secondary N) is 1. The van der Waals surface area contributed by atoms with E-state index in [0.717, 1.165) is 5.56 Å². The second kappa shape index (κ2) is 9.17. The van der Waals surface area contributed by atoms with Gasteiger partial charge in [0.1, 0.15) is 6.54 Å². The summed E-state index contributed by atoms with van der Waals surface area (Å²) < 4.78 is 37.2. The van der Waals surface area contributed by atoms with E-state index in [1.807, 2.05) is 19.1 Å². The lowest BCUT2D eigenvalue weighted by Gasteiger charge is -2.24. The summed E-state index contributed by atoms with van der Waals surface area (Å²) in [5, 5.41) is 2.23. The van der Waals surface area contributed by atoms with Crippen LogP contribution in [-0.4, -0.2) is 52.6 Å². The summed E-state index contributed by atoms with van der Waals surface area (Å²) >= 11 is 0. The number of anilines is 1. The van der Waals surface area contributed by atoms with Gasteiger partial charge >= 0.3 is 11.9 Å². The SMILES string of the molecule is COC(=O)CNC(=O)COC(=O)c1cccc(S(=O)(=O)N2c3ccccc3C[C@@H]2C)c1. The van der Waals surface area contributed by atoms with E-state index in [1.54, 1.807) is 12.1 Å². The molecule has 2 aromatic carbocycles. The number of hydrogen-bond acceptors (Lipinski definition) is 7. The van der Waals surface area contributed by atoms with Gasteiger partial charge in [-0.2, -0.15) is 0 Å². The average molecular weight is 446 g/mol. The van der Waals surface area contributed by atoms with E-state index >= 15 is 0 Å². The van der Waals surface area contributed by atoms with Gasteiger partial charge < -0.3 is 14.8 Å². The number of nitrogens with zero attached hydrogens (tertiary/aromatic N) is 1. The van der Waals surface area contributed by atoms with E-state index in [9.17, 15) is 22.8 Å². The van der Waals surface area contributed by atoms with Crippen LogP contribution >= 0.6 is 0 Å². The van der Waals surface area contributed by atoms with Gasteiger partial charge in [0, 0.05) is 6.04 Å². The fraction of sp³-hybridized carbons (Fsp3) is 0.286. The Morgan fingerprint density at radius 2 is 1.87 bits per heavy atom. The minimum absolute atomic E-state index is 0.0121. The summed E-state index contributed by atoms with van der Waals surface area (Å²) in [6.07, 6.45) is 0.595. The maximum absolute atomic E-state index is 13.3. The van der Waals surface area contributed by atoms with E-state index in [-0.39, 0.29) is 23.0 Å². The molecule has 164 valence electrons. The highest BCUT2D eigenvalue weighted by atomic mass is 32.2. The Morgan fingerprint density at radius 3 is 2.61 bits per heavy atom. The molecule has 1 aliphatic rings. The smallest absolute Gasteiger partial charge is 0.338 e. The van der Waals surface area contributed by atoms with Gasteiger partial charge in [-0.3, -0.25) is 13.9 Å². The van der Waals surface area contributed by atoms with Gasteiger partial charge in [0.25, 0.3) is 15.9 Å². The molecule has 9 nitrogen and oxygen atoms in total. The number of benzene rings is 2. The number of sulfonamides is 1. The molecule has 1 aliphatic heterocycles. The zero-order chi connectivity index (χ0) is 22.6. The molecule has 0 bridgehead atoms. The number of hydrogen-bond donors (Lipinski definition) is 1. The van der Waals surface area contributed by atoms with Crippen LogP contribution in [0.25, 0.3) is 0 Å². The van der Waals surface area contributed by atoms with Gasteiger partial charge in [0.2, 0.25) is 0 Å². The molecule has 2 aromatic rings. The topological polar surface area (TPSA) is 119 Å². The Bertz CT molecular complexity index is 1110. The molecule has 1 amide bonds. The largest absolute Gasteiger partial charge is 0.468 e. The summed E-state index contributed by atoms with van der Waals surface area (Å²) in [7, 11) is -2.74. The molecule has 0 radical (unpaired) electrons. The van der Waals surface area contributed by atoms with Gasteiger partial charge in [-0.15, -0.1) is 0 Å². The van der Waals surface area contributed by atoms with E-state index < -0.39 is 34.5 Å². The first-order valence-electron chi connectivity index (χ1n) is 9.47. The van der Waals surface area contributed by atoms with Gasteiger partial charge in [-0.25, -0.2) is 13.2 Å². The number of methoxy groups -OCH3 is 1. The lowest BCUT2D eigenvalue weighted by Crippen LogP contribution is -2.35. The van der Waals surface area contributed by atoms with E-state index in [1.165, 1.54) is 35.7 Å². The number of carbonyl (C=O) groups excluding carboxylic acids is 3. The molecule has 0 saturated carbocycles. The van der Waals surface area contributed by atoms with Crippen molar-refractivity contribution in [1.82, 2.24) is 5.32 Å². The van der Waals surface area contributed by atoms with E-state index in [0.29, 0.717) is 12.1 Å². The summed E-state index contributed by atoms with van der Waals surface area (Å²) in [4.78, 5) is 34.9. The molecule has 0 aromatic heterocycles. The second-order valence-corrected chi connectivity index (χ2v) is 8.75. The van der Waals surface area contributed by atoms with Crippen molar-refractivity contribution in [3.05, 3.63) is 59.7 Å². The Kier molecular flexibility index (Phi) is 6.59. The van der Waals surface area contributed by atoms with Crippen molar-refractivity contribution in [2.75, 3.05) is 24.6 Å². The number of amides is 1. The Morgan fingerprint density at radius 1 is 1.13 bits per heavy atom. The molecule has 1 N–H and O–H groups in total. The van der Waals surface area contributed by atoms with Crippen molar-refractivity contribution >= 4 is 33.6 Å². The van der Waals surface area contributed by atoms with Crippen molar-refractivity contribution in [1.29, 1.82) is 0 Å². The maximum Gasteiger partial charge on any atom is 0.338 e. The molecular formula is C21H22N2O7S. The lowest BCUT2D eigenvalue weighted by atomic mass is 10.1. The number of ether oxygens (including phenoxy) is 2. The fourth-order valence-corrected chi connectivity index (χ4v) is 5.05. The minimum Gasteiger partial charge on any atom is -0.468 e. The summed E-state index contributed by atoms with van der Waals surface area (Å²) in [6, 6.07) is 12.5. The average Bonchev–Trinajstić information content (AvgIpc) is 3.12. The molecule has 1 heterocycles. The van der Waals surface area contributed by atoms with Crippen LogP contribution < -0.4 is 9.62 Å². The molecule has 0 unspecified atom stereocenters. The van der Waals surface area contributed by atoms with E-state index in [2.05, 4.69) is 10.1 Å². The maximum atomic E-state index is 13.3. The summed E-state index contributed by atoms with van der Waals surface area (Å²) in [5.41, 5.74) is 1.54. The van der Waals surface area contributed by atoms with Crippen LogP contribution in [0, 0.1) is 0 Å². The highest BCUT2D eigenvalue weighted by Crippen LogP contribution is 2.36. The number of carbonyl (C=O) groups is 3. The Labute approximate surface area is 180 Å². The van der Waals surface area contributed by atoms with Gasteiger partial charge in [0.15, 0.2) is 6.61 Å². The van der Waals surface area contributed by atoms with Crippen LogP contribution in [0.15, 0.2) is 53.4 Å². The van der Waals surface area contributed by atoms with Gasteiger partial charge in [-0.05, 0) is 43.2 Å². The predicted octanol–water partition coefficient (Wildman–Crippen LogP) is 1.27. The molecule has 0 spiro atoms. The van der Waals surface area contributed by atoms with Crippen molar-refractivity contribution in [2.45, 2.75) is 24.3 Å². The third-order valence-corrected chi connectivity index (χ3v) is 6.69. The molecule has 0 saturated heterocycles. The monoisotopic (exact) mass is 446 g/mol. The zero-order valence-corrected chi connectivity index (χ0v) is 17.8. The number of para-hydroxylation sites is 1.